The molecule has 1 aromatic rings. The molecule has 0 aliphatic heterocycles. The van der Waals surface area contributed by atoms with Gasteiger partial charge in [0.1, 0.15) is 0 Å². The van der Waals surface area contributed by atoms with Gasteiger partial charge in [0.05, 0.1) is 11.6 Å². The molecule has 12 heavy (non-hydrogen) atoms. The van der Waals surface area contributed by atoms with Crippen molar-refractivity contribution >= 4 is 23.0 Å². The Balaban J connectivity index is 0.00000121. The molecule has 1 aromatic heterocycles. The van der Waals surface area contributed by atoms with E-state index in [2.05, 4.69) is 5.10 Å². The minimum Gasteiger partial charge on any atom is -0.481 e. The van der Waals surface area contributed by atoms with Crippen LogP contribution < -0.4 is 0 Å². The Kier molecular flexibility index (Phi) is 3.95. The van der Waals surface area contributed by atoms with Gasteiger partial charge in [0.15, 0.2) is 0 Å². The molecule has 1 unspecified atom stereocenters. The highest BCUT2D eigenvalue weighted by Crippen LogP contribution is 2.12. The van der Waals surface area contributed by atoms with Crippen LogP contribution in [0.2, 0.25) is 0 Å². The van der Waals surface area contributed by atoms with Crippen LogP contribution in [0.3, 0.4) is 0 Å². The van der Waals surface area contributed by atoms with Crippen molar-refractivity contribution in [1.82, 2.24) is 9.78 Å². The summed E-state index contributed by atoms with van der Waals surface area (Å²) in [7, 11) is 1.73. The summed E-state index contributed by atoms with van der Waals surface area (Å²) in [6.45, 7) is 1.64. The van der Waals surface area contributed by atoms with Crippen molar-refractivity contribution in [2.24, 2.45) is 7.05 Å². The van der Waals surface area contributed by atoms with Crippen LogP contribution in [-0.2, 0) is 11.8 Å². The maximum absolute atomic E-state index is 10.5. The smallest absolute Gasteiger partial charge is 0.312 e. The molecule has 1 atom stereocenters. The van der Waals surface area contributed by atoms with E-state index in [0.717, 1.165) is 5.69 Å². The molecule has 0 aliphatic carbocycles. The Hall–Kier alpha value is -0.840. The van der Waals surface area contributed by atoms with Gasteiger partial charge >= 0.3 is 5.97 Å². The molecule has 68 valence electrons. The van der Waals surface area contributed by atoms with Crippen molar-refractivity contribution in [2.75, 3.05) is 0 Å². The van der Waals surface area contributed by atoms with E-state index < -0.39 is 11.9 Å². The SMILES string of the molecule is Br.CC(C(=O)O)c1ccnn1C. The zero-order chi connectivity index (χ0) is 8.43. The second-order valence-corrected chi connectivity index (χ2v) is 2.44. The largest absolute Gasteiger partial charge is 0.481 e. The number of rotatable bonds is 2. The maximum Gasteiger partial charge on any atom is 0.312 e. The lowest BCUT2D eigenvalue weighted by molar-refractivity contribution is -0.138. The summed E-state index contributed by atoms with van der Waals surface area (Å²) in [6, 6.07) is 1.71. The number of carboxylic acids is 1. The van der Waals surface area contributed by atoms with E-state index in [9.17, 15) is 4.79 Å². The molecule has 0 aliphatic rings. The Labute approximate surface area is 81.0 Å². The summed E-state index contributed by atoms with van der Waals surface area (Å²) < 4.78 is 1.57. The highest BCUT2D eigenvalue weighted by Gasteiger charge is 2.15. The van der Waals surface area contributed by atoms with Crippen molar-refractivity contribution in [3.8, 4) is 0 Å². The molecule has 0 fully saturated rings. The van der Waals surface area contributed by atoms with Crippen molar-refractivity contribution in [1.29, 1.82) is 0 Å². The third kappa shape index (κ3) is 2.07. The maximum atomic E-state index is 10.5. The fraction of sp³-hybridized carbons (Fsp3) is 0.429. The summed E-state index contributed by atoms with van der Waals surface area (Å²) in [5, 5.41) is 12.5. The molecule has 0 saturated carbocycles. The van der Waals surface area contributed by atoms with Crippen molar-refractivity contribution in [2.45, 2.75) is 12.8 Å². The molecule has 0 radical (unpaired) electrons. The Morgan fingerprint density at radius 2 is 2.33 bits per heavy atom. The van der Waals surface area contributed by atoms with Crippen molar-refractivity contribution < 1.29 is 9.90 Å². The Morgan fingerprint density at radius 1 is 1.75 bits per heavy atom. The summed E-state index contributed by atoms with van der Waals surface area (Å²) >= 11 is 0. The monoisotopic (exact) mass is 234 g/mol. The number of aliphatic carboxylic acids is 1. The van der Waals surface area contributed by atoms with Crippen LogP contribution in [0.1, 0.15) is 18.5 Å². The third-order valence-electron chi connectivity index (χ3n) is 1.67. The summed E-state index contributed by atoms with van der Waals surface area (Å²) in [6.07, 6.45) is 1.59. The highest BCUT2D eigenvalue weighted by atomic mass is 79.9. The first-order valence-electron chi connectivity index (χ1n) is 3.33. The summed E-state index contributed by atoms with van der Waals surface area (Å²) in [5.74, 6) is -1.31. The normalized spacial score (nSPS) is 11.8. The van der Waals surface area contributed by atoms with Crippen LogP contribution in [0.4, 0.5) is 0 Å². The summed E-state index contributed by atoms with van der Waals surface area (Å²) in [5.41, 5.74) is 0.720. The topological polar surface area (TPSA) is 55.1 Å². The van der Waals surface area contributed by atoms with E-state index in [1.807, 2.05) is 0 Å². The number of hydrogen-bond donors (Lipinski definition) is 1. The van der Waals surface area contributed by atoms with Gasteiger partial charge in [-0.3, -0.25) is 9.48 Å². The molecule has 0 aromatic carbocycles. The Bertz CT molecular complexity index is 272. The quantitative estimate of drug-likeness (QED) is 0.837. The van der Waals surface area contributed by atoms with Crippen molar-refractivity contribution in [3.63, 3.8) is 0 Å². The van der Waals surface area contributed by atoms with E-state index in [1.54, 1.807) is 30.9 Å². The molecular formula is C7H11BrN2O2. The van der Waals surface area contributed by atoms with Gasteiger partial charge in [0, 0.05) is 13.2 Å². The van der Waals surface area contributed by atoms with E-state index in [1.165, 1.54) is 0 Å². The third-order valence-corrected chi connectivity index (χ3v) is 1.67. The first kappa shape index (κ1) is 11.2. The molecule has 0 amide bonds. The predicted octanol–water partition coefficient (Wildman–Crippen LogP) is 1.19. The van der Waals surface area contributed by atoms with Crippen LogP contribution >= 0.6 is 17.0 Å². The fourth-order valence-electron chi connectivity index (χ4n) is 0.935. The average Bonchev–Trinajstić information content (AvgIpc) is 2.33. The van der Waals surface area contributed by atoms with Gasteiger partial charge in [-0.1, -0.05) is 0 Å². The number of halogens is 1. The molecular weight excluding hydrogens is 224 g/mol. The van der Waals surface area contributed by atoms with Gasteiger partial charge < -0.3 is 5.11 Å². The summed E-state index contributed by atoms with van der Waals surface area (Å²) in [4.78, 5) is 10.5. The lowest BCUT2D eigenvalue weighted by Gasteiger charge is -2.04. The number of carbonyl (C=O) groups is 1. The van der Waals surface area contributed by atoms with Crippen LogP contribution in [0.15, 0.2) is 12.3 Å². The van der Waals surface area contributed by atoms with Gasteiger partial charge in [-0.05, 0) is 13.0 Å². The van der Waals surface area contributed by atoms with Gasteiger partial charge in [-0.15, -0.1) is 17.0 Å². The van der Waals surface area contributed by atoms with E-state index >= 15 is 0 Å². The molecule has 1 rings (SSSR count). The standard InChI is InChI=1S/C7H10N2O2.BrH/c1-5(7(10)11)6-3-4-8-9(6)2;/h3-5H,1-2H3,(H,10,11);1H. The first-order valence-corrected chi connectivity index (χ1v) is 3.33. The second kappa shape index (κ2) is 4.25. The zero-order valence-electron chi connectivity index (χ0n) is 6.89. The predicted molar refractivity (Wildman–Crippen MR) is 49.6 cm³/mol. The van der Waals surface area contributed by atoms with Crippen molar-refractivity contribution in [3.05, 3.63) is 18.0 Å². The van der Waals surface area contributed by atoms with E-state index in [0.29, 0.717) is 0 Å². The minimum absolute atomic E-state index is 0. The second-order valence-electron chi connectivity index (χ2n) is 2.44. The first-order chi connectivity index (χ1) is 5.13. The Morgan fingerprint density at radius 3 is 2.67 bits per heavy atom. The minimum atomic E-state index is -0.825. The van der Waals surface area contributed by atoms with Crippen LogP contribution in [0.25, 0.3) is 0 Å². The van der Waals surface area contributed by atoms with Gasteiger partial charge in [0.2, 0.25) is 0 Å². The molecule has 1 N–H and O–H groups in total. The number of aromatic nitrogens is 2. The van der Waals surface area contributed by atoms with Gasteiger partial charge in [-0.25, -0.2) is 0 Å². The number of aryl methyl sites for hydroxylation is 1. The molecule has 5 heteroatoms. The van der Waals surface area contributed by atoms with E-state index in [-0.39, 0.29) is 17.0 Å². The highest BCUT2D eigenvalue weighted by molar-refractivity contribution is 8.93. The van der Waals surface area contributed by atoms with E-state index in [4.69, 9.17) is 5.11 Å². The number of carboxylic acid groups (broad SMARTS) is 1. The van der Waals surface area contributed by atoms with Crippen LogP contribution in [0.5, 0.6) is 0 Å². The molecule has 4 nitrogen and oxygen atoms in total. The molecule has 0 saturated heterocycles. The molecule has 1 heterocycles. The zero-order valence-corrected chi connectivity index (χ0v) is 8.60. The average molecular weight is 235 g/mol. The fourth-order valence-corrected chi connectivity index (χ4v) is 0.935. The van der Waals surface area contributed by atoms with Gasteiger partial charge in [-0.2, -0.15) is 5.10 Å². The lowest BCUT2D eigenvalue weighted by atomic mass is 10.1. The number of nitrogens with zero attached hydrogens (tertiary/aromatic N) is 2. The van der Waals surface area contributed by atoms with Gasteiger partial charge in [0.25, 0.3) is 0 Å². The van der Waals surface area contributed by atoms with Crippen LogP contribution in [0, 0.1) is 0 Å². The molecule has 0 spiro atoms. The number of hydrogen-bond acceptors (Lipinski definition) is 2. The lowest BCUT2D eigenvalue weighted by Crippen LogP contribution is -2.11. The molecule has 0 bridgehead atoms. The van der Waals surface area contributed by atoms with Crippen LogP contribution in [-0.4, -0.2) is 20.9 Å².